The number of aliphatic carboxylic acids is 1. The fourth-order valence-corrected chi connectivity index (χ4v) is 2.24. The summed E-state index contributed by atoms with van der Waals surface area (Å²) in [6, 6.07) is 7.93. The van der Waals surface area contributed by atoms with Gasteiger partial charge in [-0.2, -0.15) is 0 Å². The third-order valence-corrected chi connectivity index (χ3v) is 3.54. The van der Waals surface area contributed by atoms with Crippen LogP contribution < -0.4 is 10.6 Å². The predicted molar refractivity (Wildman–Crippen MR) is 87.9 cm³/mol. The standard InChI is InChI=1S/C17H26N2O4/c1-11(2)9-14(17(22)23)19-15(20)10-18-12(3)16(21)13-7-5-4-6-8-13/h4-8,11-12,14,16,18,21H,9-10H2,1-3H3,(H,19,20)(H,22,23). The first-order valence-electron chi connectivity index (χ1n) is 7.79. The number of aliphatic hydroxyl groups is 1. The molecule has 6 nitrogen and oxygen atoms in total. The Balaban J connectivity index is 2.47. The van der Waals surface area contributed by atoms with E-state index in [0.29, 0.717) is 6.42 Å². The molecule has 4 N–H and O–H groups in total. The van der Waals surface area contributed by atoms with Gasteiger partial charge in [0.15, 0.2) is 0 Å². The number of carboxylic acid groups (broad SMARTS) is 1. The summed E-state index contributed by atoms with van der Waals surface area (Å²) < 4.78 is 0. The van der Waals surface area contributed by atoms with Gasteiger partial charge in [-0.15, -0.1) is 0 Å². The number of nitrogens with one attached hydrogen (secondary N) is 2. The first kappa shape index (κ1) is 19.1. The lowest BCUT2D eigenvalue weighted by Gasteiger charge is -2.21. The van der Waals surface area contributed by atoms with Crippen molar-refractivity contribution in [2.75, 3.05) is 6.54 Å². The first-order valence-corrected chi connectivity index (χ1v) is 7.79. The highest BCUT2D eigenvalue weighted by Crippen LogP contribution is 2.15. The van der Waals surface area contributed by atoms with Crippen molar-refractivity contribution in [3.05, 3.63) is 35.9 Å². The molecule has 0 bridgehead atoms. The lowest BCUT2D eigenvalue weighted by atomic mass is 10.0. The molecule has 1 aromatic carbocycles. The molecule has 0 saturated carbocycles. The van der Waals surface area contributed by atoms with Crippen LogP contribution in [-0.4, -0.2) is 40.7 Å². The quantitative estimate of drug-likeness (QED) is 0.549. The van der Waals surface area contributed by atoms with Gasteiger partial charge in [-0.05, 0) is 24.8 Å². The van der Waals surface area contributed by atoms with Crippen molar-refractivity contribution in [1.82, 2.24) is 10.6 Å². The number of benzene rings is 1. The van der Waals surface area contributed by atoms with Crippen molar-refractivity contribution in [2.24, 2.45) is 5.92 Å². The summed E-state index contributed by atoms with van der Waals surface area (Å²) in [7, 11) is 0. The van der Waals surface area contributed by atoms with Gasteiger partial charge in [0, 0.05) is 6.04 Å². The number of rotatable bonds is 9. The van der Waals surface area contributed by atoms with Crippen molar-refractivity contribution in [1.29, 1.82) is 0 Å². The molecule has 0 aliphatic rings. The van der Waals surface area contributed by atoms with Gasteiger partial charge < -0.3 is 20.8 Å². The van der Waals surface area contributed by atoms with Crippen LogP contribution >= 0.6 is 0 Å². The van der Waals surface area contributed by atoms with Gasteiger partial charge in [0.2, 0.25) is 5.91 Å². The van der Waals surface area contributed by atoms with Crippen molar-refractivity contribution < 1.29 is 19.8 Å². The molecule has 23 heavy (non-hydrogen) atoms. The minimum Gasteiger partial charge on any atom is -0.480 e. The van der Waals surface area contributed by atoms with Crippen LogP contribution in [0.2, 0.25) is 0 Å². The minimum atomic E-state index is -1.04. The van der Waals surface area contributed by atoms with E-state index in [1.807, 2.05) is 44.2 Å². The van der Waals surface area contributed by atoms with Gasteiger partial charge in [0.25, 0.3) is 0 Å². The maximum Gasteiger partial charge on any atom is 0.326 e. The number of aliphatic hydroxyl groups excluding tert-OH is 1. The van der Waals surface area contributed by atoms with Gasteiger partial charge in [0.1, 0.15) is 6.04 Å². The molecule has 0 saturated heterocycles. The highest BCUT2D eigenvalue weighted by molar-refractivity contribution is 5.84. The molecule has 0 spiro atoms. The van der Waals surface area contributed by atoms with E-state index < -0.39 is 24.0 Å². The molecular weight excluding hydrogens is 296 g/mol. The van der Waals surface area contributed by atoms with Crippen molar-refractivity contribution in [2.45, 2.75) is 45.4 Å². The second-order valence-corrected chi connectivity index (χ2v) is 6.11. The zero-order valence-electron chi connectivity index (χ0n) is 13.8. The smallest absolute Gasteiger partial charge is 0.326 e. The molecule has 0 aliphatic carbocycles. The Labute approximate surface area is 136 Å². The highest BCUT2D eigenvalue weighted by Gasteiger charge is 2.22. The van der Waals surface area contributed by atoms with Crippen LogP contribution in [0.3, 0.4) is 0 Å². The minimum absolute atomic E-state index is 0.0487. The van der Waals surface area contributed by atoms with Gasteiger partial charge in [0.05, 0.1) is 12.6 Å². The summed E-state index contributed by atoms with van der Waals surface area (Å²) in [6.45, 7) is 5.53. The van der Waals surface area contributed by atoms with E-state index in [1.54, 1.807) is 6.92 Å². The summed E-state index contributed by atoms with van der Waals surface area (Å²) in [5.74, 6) is -1.27. The molecule has 0 heterocycles. The summed E-state index contributed by atoms with van der Waals surface area (Å²) >= 11 is 0. The number of carbonyl (C=O) groups excluding carboxylic acids is 1. The van der Waals surface area contributed by atoms with Crippen LogP contribution in [0.1, 0.15) is 38.9 Å². The van der Waals surface area contributed by atoms with Gasteiger partial charge in [-0.1, -0.05) is 44.2 Å². The van der Waals surface area contributed by atoms with Gasteiger partial charge in [-0.25, -0.2) is 4.79 Å². The topological polar surface area (TPSA) is 98.7 Å². The first-order chi connectivity index (χ1) is 10.8. The van der Waals surface area contributed by atoms with Crippen LogP contribution in [0.5, 0.6) is 0 Å². The van der Waals surface area contributed by atoms with E-state index in [2.05, 4.69) is 10.6 Å². The molecule has 0 radical (unpaired) electrons. The van der Waals surface area contributed by atoms with E-state index >= 15 is 0 Å². The predicted octanol–water partition coefficient (Wildman–Crippen LogP) is 1.31. The van der Waals surface area contributed by atoms with E-state index in [0.717, 1.165) is 5.56 Å². The number of carboxylic acids is 1. The molecule has 1 amide bonds. The average molecular weight is 322 g/mol. The largest absolute Gasteiger partial charge is 0.480 e. The molecular formula is C17H26N2O4. The fraction of sp³-hybridized carbons (Fsp3) is 0.529. The van der Waals surface area contributed by atoms with Gasteiger partial charge >= 0.3 is 5.97 Å². The summed E-state index contributed by atoms with van der Waals surface area (Å²) in [5, 5.41) is 24.7. The highest BCUT2D eigenvalue weighted by atomic mass is 16.4. The monoisotopic (exact) mass is 322 g/mol. The molecule has 128 valence electrons. The maximum absolute atomic E-state index is 11.9. The van der Waals surface area contributed by atoms with Crippen molar-refractivity contribution in [3.63, 3.8) is 0 Å². The summed E-state index contributed by atoms with van der Waals surface area (Å²) in [6.07, 6.45) is -0.363. The van der Waals surface area contributed by atoms with Gasteiger partial charge in [-0.3, -0.25) is 4.79 Å². The molecule has 1 rings (SSSR count). The Hall–Kier alpha value is -1.92. The van der Waals surface area contributed by atoms with Crippen LogP contribution in [-0.2, 0) is 9.59 Å². The molecule has 0 aromatic heterocycles. The number of amides is 1. The maximum atomic E-state index is 11.9. The van der Waals surface area contributed by atoms with E-state index in [9.17, 15) is 14.7 Å². The fourth-order valence-electron chi connectivity index (χ4n) is 2.24. The lowest BCUT2D eigenvalue weighted by molar-refractivity contribution is -0.142. The number of hydrogen-bond donors (Lipinski definition) is 4. The second-order valence-electron chi connectivity index (χ2n) is 6.11. The van der Waals surface area contributed by atoms with Crippen LogP contribution in [0.4, 0.5) is 0 Å². The van der Waals surface area contributed by atoms with E-state index in [4.69, 9.17) is 5.11 Å². The van der Waals surface area contributed by atoms with Crippen LogP contribution in [0.25, 0.3) is 0 Å². The number of hydrogen-bond acceptors (Lipinski definition) is 4. The second kappa shape index (κ2) is 9.27. The molecule has 0 aliphatic heterocycles. The molecule has 0 fully saturated rings. The van der Waals surface area contributed by atoms with Crippen molar-refractivity contribution >= 4 is 11.9 Å². The molecule has 1 aromatic rings. The van der Waals surface area contributed by atoms with E-state index in [1.165, 1.54) is 0 Å². The Morgan fingerprint density at radius 3 is 2.26 bits per heavy atom. The van der Waals surface area contributed by atoms with E-state index in [-0.39, 0.29) is 18.5 Å². The van der Waals surface area contributed by atoms with Crippen LogP contribution in [0, 0.1) is 5.92 Å². The Kier molecular flexibility index (Phi) is 7.71. The molecule has 3 atom stereocenters. The lowest BCUT2D eigenvalue weighted by Crippen LogP contribution is -2.47. The summed E-state index contributed by atoms with van der Waals surface area (Å²) in [5.41, 5.74) is 0.760. The SMILES string of the molecule is CC(C)CC(NC(=O)CNC(C)C(O)c1ccccc1)C(=O)O. The number of carbonyl (C=O) groups is 2. The Morgan fingerprint density at radius 2 is 1.74 bits per heavy atom. The van der Waals surface area contributed by atoms with Crippen LogP contribution in [0.15, 0.2) is 30.3 Å². The molecule has 6 heteroatoms. The summed E-state index contributed by atoms with van der Waals surface area (Å²) in [4.78, 5) is 23.0. The van der Waals surface area contributed by atoms with Crippen molar-refractivity contribution in [3.8, 4) is 0 Å². The zero-order chi connectivity index (χ0) is 17.4. The third kappa shape index (κ3) is 6.80. The Morgan fingerprint density at radius 1 is 1.13 bits per heavy atom. The average Bonchev–Trinajstić information content (AvgIpc) is 2.51. The normalized spacial score (nSPS) is 15.0. The zero-order valence-corrected chi connectivity index (χ0v) is 13.8. The third-order valence-electron chi connectivity index (χ3n) is 3.54. The Bertz CT molecular complexity index is 505. The molecule has 3 unspecified atom stereocenters.